The van der Waals surface area contributed by atoms with Crippen LogP contribution in [0.25, 0.3) is 0 Å². The minimum absolute atomic E-state index is 0.325. The Bertz CT molecular complexity index is 625. The Morgan fingerprint density at radius 2 is 2.19 bits per heavy atom. The number of ether oxygens (including phenoxy) is 1. The van der Waals surface area contributed by atoms with Crippen LogP contribution in [-0.2, 0) is 11.3 Å². The van der Waals surface area contributed by atoms with Crippen LogP contribution in [0.4, 0.5) is 21.9 Å². The fourth-order valence-corrected chi connectivity index (χ4v) is 2.68. The van der Waals surface area contributed by atoms with Crippen LogP contribution in [0, 0.1) is 6.92 Å². The number of nitrogens with two attached hydrogens (primary N) is 1. The molecule has 1 aromatic heterocycles. The van der Waals surface area contributed by atoms with Crippen molar-refractivity contribution in [3.05, 3.63) is 40.1 Å². The second-order valence-corrected chi connectivity index (χ2v) is 5.53. The summed E-state index contributed by atoms with van der Waals surface area (Å²) in [6, 6.07) is 7.53. The lowest BCUT2D eigenvalue weighted by Gasteiger charge is -2.11. The second kappa shape index (κ2) is 6.99. The largest absolute Gasteiger partial charge is 0.450 e. The number of nitrogen functional groups attached to an aromatic ring is 1. The predicted octanol–water partition coefficient (Wildman–Crippen LogP) is 3.82. The summed E-state index contributed by atoms with van der Waals surface area (Å²) in [5.41, 5.74) is 9.17. The maximum absolute atomic E-state index is 11.4. The van der Waals surface area contributed by atoms with E-state index in [9.17, 15) is 4.79 Å². The van der Waals surface area contributed by atoms with Gasteiger partial charge in [-0.25, -0.2) is 4.79 Å². The van der Waals surface area contributed by atoms with Crippen molar-refractivity contribution in [3.8, 4) is 0 Å². The summed E-state index contributed by atoms with van der Waals surface area (Å²) in [7, 11) is 0. The zero-order valence-corrected chi connectivity index (χ0v) is 12.9. The Morgan fingerprint density at radius 1 is 1.38 bits per heavy atom. The van der Waals surface area contributed by atoms with Crippen molar-refractivity contribution in [2.75, 3.05) is 23.0 Å². The minimum atomic E-state index is -0.501. The number of carbonyl (C=O) groups is 1. The average molecular weight is 305 g/mol. The molecule has 6 heteroatoms. The van der Waals surface area contributed by atoms with E-state index in [1.165, 1.54) is 10.4 Å². The topological polar surface area (TPSA) is 76.4 Å². The highest BCUT2D eigenvalue weighted by atomic mass is 32.1. The average Bonchev–Trinajstić information content (AvgIpc) is 2.85. The standard InChI is InChI=1S/C15H19N3O2S/c1-3-20-15(19)18-13-5-4-11(8-12(13)16)17-9-14-10(2)6-7-21-14/h4-8,17H,3,9,16H2,1-2H3,(H,18,19). The lowest BCUT2D eigenvalue weighted by molar-refractivity contribution is 0.168. The molecule has 0 radical (unpaired) electrons. The van der Waals surface area contributed by atoms with Gasteiger partial charge in [-0.2, -0.15) is 0 Å². The van der Waals surface area contributed by atoms with Gasteiger partial charge in [0.2, 0.25) is 0 Å². The monoisotopic (exact) mass is 305 g/mol. The van der Waals surface area contributed by atoms with Crippen molar-refractivity contribution in [2.45, 2.75) is 20.4 Å². The molecule has 0 aliphatic carbocycles. The molecule has 2 aromatic rings. The summed E-state index contributed by atoms with van der Waals surface area (Å²) >= 11 is 1.72. The number of nitrogens with one attached hydrogen (secondary N) is 2. The van der Waals surface area contributed by atoms with Gasteiger partial charge in [-0.1, -0.05) is 0 Å². The highest BCUT2D eigenvalue weighted by molar-refractivity contribution is 7.10. The van der Waals surface area contributed by atoms with Gasteiger partial charge in [0.05, 0.1) is 18.0 Å². The Kier molecular flexibility index (Phi) is 5.05. The molecular weight excluding hydrogens is 286 g/mol. The highest BCUT2D eigenvalue weighted by Gasteiger charge is 2.06. The number of thiophene rings is 1. The predicted molar refractivity (Wildman–Crippen MR) is 87.9 cm³/mol. The van der Waals surface area contributed by atoms with Crippen molar-refractivity contribution in [1.82, 2.24) is 0 Å². The van der Waals surface area contributed by atoms with E-state index in [4.69, 9.17) is 10.5 Å². The molecule has 112 valence electrons. The lowest BCUT2D eigenvalue weighted by Crippen LogP contribution is -2.14. The van der Waals surface area contributed by atoms with Crippen LogP contribution in [0.3, 0.4) is 0 Å². The molecule has 0 saturated heterocycles. The van der Waals surface area contributed by atoms with Gasteiger partial charge >= 0.3 is 6.09 Å². The third-order valence-electron chi connectivity index (χ3n) is 2.98. The number of hydrogen-bond acceptors (Lipinski definition) is 5. The van der Waals surface area contributed by atoms with E-state index in [0.29, 0.717) is 18.0 Å². The van der Waals surface area contributed by atoms with Crippen LogP contribution in [0.2, 0.25) is 0 Å². The maximum atomic E-state index is 11.4. The quantitative estimate of drug-likeness (QED) is 0.734. The number of aryl methyl sites for hydroxylation is 1. The Morgan fingerprint density at radius 3 is 2.81 bits per heavy atom. The number of amides is 1. The molecule has 0 aliphatic heterocycles. The first-order valence-electron chi connectivity index (χ1n) is 6.70. The molecule has 0 spiro atoms. The van der Waals surface area contributed by atoms with Gasteiger partial charge in [-0.05, 0) is 49.1 Å². The first kappa shape index (κ1) is 15.2. The molecule has 5 nitrogen and oxygen atoms in total. The van der Waals surface area contributed by atoms with Crippen LogP contribution in [0.15, 0.2) is 29.6 Å². The van der Waals surface area contributed by atoms with Gasteiger partial charge in [-0.3, -0.25) is 5.32 Å². The summed E-state index contributed by atoms with van der Waals surface area (Å²) in [6.07, 6.45) is -0.501. The maximum Gasteiger partial charge on any atom is 0.411 e. The van der Waals surface area contributed by atoms with E-state index in [1.807, 2.05) is 6.07 Å². The SMILES string of the molecule is CCOC(=O)Nc1ccc(NCc2sccc2C)cc1N. The molecular formula is C15H19N3O2S. The number of anilines is 3. The molecule has 1 heterocycles. The van der Waals surface area contributed by atoms with Crippen molar-refractivity contribution in [3.63, 3.8) is 0 Å². The molecule has 4 N–H and O–H groups in total. The zero-order chi connectivity index (χ0) is 15.2. The third-order valence-corrected chi connectivity index (χ3v) is 4.01. The van der Waals surface area contributed by atoms with Gasteiger partial charge in [0.15, 0.2) is 0 Å². The smallest absolute Gasteiger partial charge is 0.411 e. The van der Waals surface area contributed by atoms with E-state index >= 15 is 0 Å². The summed E-state index contributed by atoms with van der Waals surface area (Å²) in [4.78, 5) is 12.7. The Balaban J connectivity index is 1.98. The lowest BCUT2D eigenvalue weighted by atomic mass is 10.2. The van der Waals surface area contributed by atoms with Crippen LogP contribution < -0.4 is 16.4 Å². The highest BCUT2D eigenvalue weighted by Crippen LogP contribution is 2.24. The molecule has 0 fully saturated rings. The number of carbonyl (C=O) groups excluding carboxylic acids is 1. The van der Waals surface area contributed by atoms with Crippen molar-refractivity contribution in [1.29, 1.82) is 0 Å². The molecule has 0 aliphatic rings. The van der Waals surface area contributed by atoms with Crippen LogP contribution in [0.1, 0.15) is 17.4 Å². The van der Waals surface area contributed by atoms with E-state index in [1.54, 1.807) is 30.4 Å². The fourth-order valence-electron chi connectivity index (χ4n) is 1.83. The summed E-state index contributed by atoms with van der Waals surface area (Å²) in [5, 5.41) is 8.00. The van der Waals surface area contributed by atoms with Gasteiger partial charge in [0.25, 0.3) is 0 Å². The van der Waals surface area contributed by atoms with E-state index in [2.05, 4.69) is 29.0 Å². The van der Waals surface area contributed by atoms with E-state index in [0.717, 1.165) is 12.2 Å². The van der Waals surface area contributed by atoms with Gasteiger partial charge < -0.3 is 15.8 Å². The van der Waals surface area contributed by atoms with E-state index < -0.39 is 6.09 Å². The summed E-state index contributed by atoms with van der Waals surface area (Å²) in [5.74, 6) is 0. The molecule has 21 heavy (non-hydrogen) atoms. The van der Waals surface area contributed by atoms with Crippen molar-refractivity contribution < 1.29 is 9.53 Å². The molecule has 0 unspecified atom stereocenters. The summed E-state index contributed by atoms with van der Waals surface area (Å²) in [6.45, 7) is 4.93. The number of hydrogen-bond donors (Lipinski definition) is 3. The zero-order valence-electron chi connectivity index (χ0n) is 12.1. The van der Waals surface area contributed by atoms with Gasteiger partial charge in [0, 0.05) is 17.1 Å². The van der Waals surface area contributed by atoms with Crippen LogP contribution in [-0.4, -0.2) is 12.7 Å². The molecule has 2 rings (SSSR count). The first-order chi connectivity index (χ1) is 10.1. The van der Waals surface area contributed by atoms with Crippen LogP contribution >= 0.6 is 11.3 Å². The Labute approximate surface area is 128 Å². The Hall–Kier alpha value is -2.21. The van der Waals surface area contributed by atoms with E-state index in [-0.39, 0.29) is 0 Å². The summed E-state index contributed by atoms with van der Waals surface area (Å²) < 4.78 is 4.82. The number of rotatable bonds is 5. The molecule has 1 amide bonds. The molecule has 0 atom stereocenters. The fraction of sp³-hybridized carbons (Fsp3) is 0.267. The van der Waals surface area contributed by atoms with Gasteiger partial charge in [-0.15, -0.1) is 11.3 Å². The molecule has 1 aromatic carbocycles. The van der Waals surface area contributed by atoms with Crippen molar-refractivity contribution in [2.24, 2.45) is 0 Å². The van der Waals surface area contributed by atoms with Crippen LogP contribution in [0.5, 0.6) is 0 Å². The molecule has 0 bridgehead atoms. The second-order valence-electron chi connectivity index (χ2n) is 4.53. The normalized spacial score (nSPS) is 10.2. The van der Waals surface area contributed by atoms with Gasteiger partial charge in [0.1, 0.15) is 0 Å². The van der Waals surface area contributed by atoms with Crippen molar-refractivity contribution >= 4 is 34.5 Å². The first-order valence-corrected chi connectivity index (χ1v) is 7.58. The third kappa shape index (κ3) is 4.13. The minimum Gasteiger partial charge on any atom is -0.450 e. The number of benzene rings is 1. The molecule has 0 saturated carbocycles.